The Labute approximate surface area is 155 Å². The quantitative estimate of drug-likeness (QED) is 0.780. The van der Waals surface area contributed by atoms with Crippen molar-refractivity contribution >= 4 is 11.8 Å². The Bertz CT molecular complexity index is 642. The molecule has 3 heterocycles. The summed E-state index contributed by atoms with van der Waals surface area (Å²) in [5.74, 6) is 1.01. The zero-order valence-corrected chi connectivity index (χ0v) is 16.1. The SMILES string of the molecule is CCCCN1CC2(CCCN(C(=O)c3cc(CCC)on3)C2)CCC1=O. The summed E-state index contributed by atoms with van der Waals surface area (Å²) < 4.78 is 5.28. The van der Waals surface area contributed by atoms with Gasteiger partial charge >= 0.3 is 0 Å². The summed E-state index contributed by atoms with van der Waals surface area (Å²) >= 11 is 0. The van der Waals surface area contributed by atoms with E-state index < -0.39 is 0 Å². The molecule has 1 spiro atoms. The molecule has 1 aromatic rings. The van der Waals surface area contributed by atoms with Crippen LogP contribution in [0.4, 0.5) is 0 Å². The lowest BCUT2D eigenvalue weighted by Crippen LogP contribution is -2.55. The topological polar surface area (TPSA) is 66.7 Å². The molecule has 1 aromatic heterocycles. The predicted octanol–water partition coefficient (Wildman–Crippen LogP) is 3.27. The number of aromatic nitrogens is 1. The Morgan fingerprint density at radius 3 is 2.88 bits per heavy atom. The number of amides is 2. The Morgan fingerprint density at radius 1 is 1.27 bits per heavy atom. The van der Waals surface area contributed by atoms with Crippen molar-refractivity contribution in [3.63, 3.8) is 0 Å². The highest BCUT2D eigenvalue weighted by atomic mass is 16.5. The molecule has 6 nitrogen and oxygen atoms in total. The zero-order chi connectivity index (χ0) is 18.6. The molecule has 0 aliphatic carbocycles. The van der Waals surface area contributed by atoms with Crippen LogP contribution in [0.3, 0.4) is 0 Å². The molecule has 0 radical (unpaired) electrons. The highest BCUT2D eigenvalue weighted by Crippen LogP contribution is 2.39. The second-order valence-corrected chi connectivity index (χ2v) is 7.93. The van der Waals surface area contributed by atoms with Crippen molar-refractivity contribution < 1.29 is 14.1 Å². The van der Waals surface area contributed by atoms with Gasteiger partial charge in [-0.15, -0.1) is 0 Å². The summed E-state index contributed by atoms with van der Waals surface area (Å²) in [4.78, 5) is 29.1. The first kappa shape index (κ1) is 18.9. The number of aryl methyl sites for hydroxylation is 1. The number of carbonyl (C=O) groups is 2. The second kappa shape index (κ2) is 8.23. The van der Waals surface area contributed by atoms with Gasteiger partial charge in [-0.05, 0) is 32.1 Å². The molecule has 2 amide bonds. The number of nitrogens with zero attached hydrogens (tertiary/aromatic N) is 3. The van der Waals surface area contributed by atoms with Gasteiger partial charge in [-0.1, -0.05) is 25.4 Å². The van der Waals surface area contributed by atoms with Crippen LogP contribution >= 0.6 is 0 Å². The van der Waals surface area contributed by atoms with Gasteiger partial charge in [0.15, 0.2) is 5.69 Å². The van der Waals surface area contributed by atoms with Crippen LogP contribution in [0, 0.1) is 5.41 Å². The van der Waals surface area contributed by atoms with Crippen LogP contribution in [0.1, 0.15) is 75.0 Å². The average molecular weight is 361 g/mol. The van der Waals surface area contributed by atoms with Crippen molar-refractivity contribution in [3.8, 4) is 0 Å². The minimum atomic E-state index is -0.0350. The summed E-state index contributed by atoms with van der Waals surface area (Å²) in [5.41, 5.74) is 0.464. The Morgan fingerprint density at radius 2 is 2.12 bits per heavy atom. The van der Waals surface area contributed by atoms with Crippen molar-refractivity contribution in [2.75, 3.05) is 26.2 Å². The summed E-state index contributed by atoms with van der Waals surface area (Å²) in [6.07, 6.45) is 7.48. The van der Waals surface area contributed by atoms with Gasteiger partial charge < -0.3 is 14.3 Å². The van der Waals surface area contributed by atoms with E-state index in [1.54, 1.807) is 6.07 Å². The third-order valence-electron chi connectivity index (χ3n) is 5.75. The van der Waals surface area contributed by atoms with Gasteiger partial charge in [0.1, 0.15) is 5.76 Å². The summed E-state index contributed by atoms with van der Waals surface area (Å²) in [6, 6.07) is 1.78. The number of hydrogen-bond donors (Lipinski definition) is 0. The largest absolute Gasteiger partial charge is 0.361 e. The summed E-state index contributed by atoms with van der Waals surface area (Å²) in [6.45, 7) is 7.34. The summed E-state index contributed by atoms with van der Waals surface area (Å²) in [5, 5.41) is 3.98. The molecule has 6 heteroatoms. The van der Waals surface area contributed by atoms with Gasteiger partial charge in [0.2, 0.25) is 5.91 Å². The lowest BCUT2D eigenvalue weighted by Gasteiger charge is -2.48. The van der Waals surface area contributed by atoms with Gasteiger partial charge in [-0.2, -0.15) is 0 Å². The van der Waals surface area contributed by atoms with E-state index in [4.69, 9.17) is 4.52 Å². The first-order valence-corrected chi connectivity index (χ1v) is 10.1. The van der Waals surface area contributed by atoms with E-state index in [-0.39, 0.29) is 17.2 Å². The number of unbranched alkanes of at least 4 members (excludes halogenated alkanes) is 1. The minimum absolute atomic E-state index is 0.0350. The maximum Gasteiger partial charge on any atom is 0.276 e. The Hall–Kier alpha value is -1.85. The molecule has 0 bridgehead atoms. The lowest BCUT2D eigenvalue weighted by atomic mass is 9.73. The summed E-state index contributed by atoms with van der Waals surface area (Å²) in [7, 11) is 0. The fraction of sp³-hybridized carbons (Fsp3) is 0.750. The number of hydrogen-bond acceptors (Lipinski definition) is 4. The second-order valence-electron chi connectivity index (χ2n) is 7.93. The molecular formula is C20H31N3O3. The molecule has 2 saturated heterocycles. The van der Waals surface area contributed by atoms with Gasteiger partial charge in [-0.3, -0.25) is 9.59 Å². The molecule has 144 valence electrons. The van der Waals surface area contributed by atoms with Crippen molar-refractivity contribution in [1.29, 1.82) is 0 Å². The smallest absolute Gasteiger partial charge is 0.276 e. The van der Waals surface area contributed by atoms with Crippen molar-refractivity contribution in [2.45, 2.75) is 65.2 Å². The van der Waals surface area contributed by atoms with Crippen molar-refractivity contribution in [2.24, 2.45) is 5.41 Å². The number of piperidine rings is 2. The predicted molar refractivity (Wildman–Crippen MR) is 98.8 cm³/mol. The lowest BCUT2D eigenvalue weighted by molar-refractivity contribution is -0.139. The molecule has 26 heavy (non-hydrogen) atoms. The van der Waals surface area contributed by atoms with Crippen LogP contribution in [-0.2, 0) is 11.2 Å². The number of carbonyl (C=O) groups excluding carboxylic acids is 2. The van der Waals surface area contributed by atoms with Crippen LogP contribution in [0.15, 0.2) is 10.6 Å². The monoisotopic (exact) mass is 361 g/mol. The molecule has 2 aliphatic heterocycles. The third-order valence-corrected chi connectivity index (χ3v) is 5.75. The van der Waals surface area contributed by atoms with Gasteiger partial charge in [0.25, 0.3) is 5.91 Å². The fourth-order valence-corrected chi connectivity index (χ4v) is 4.31. The maximum atomic E-state index is 12.9. The first-order chi connectivity index (χ1) is 12.6. The van der Waals surface area contributed by atoms with Crippen LogP contribution in [0.2, 0.25) is 0 Å². The van der Waals surface area contributed by atoms with E-state index in [2.05, 4.69) is 19.0 Å². The highest BCUT2D eigenvalue weighted by molar-refractivity contribution is 5.92. The van der Waals surface area contributed by atoms with Crippen molar-refractivity contribution in [1.82, 2.24) is 15.0 Å². The molecule has 2 aliphatic rings. The fourth-order valence-electron chi connectivity index (χ4n) is 4.31. The van der Waals surface area contributed by atoms with Gasteiger partial charge in [0.05, 0.1) is 0 Å². The molecule has 1 unspecified atom stereocenters. The Balaban J connectivity index is 1.67. The number of likely N-dealkylation sites (tertiary alicyclic amines) is 2. The molecule has 1 atom stereocenters. The third kappa shape index (κ3) is 4.10. The van der Waals surface area contributed by atoms with E-state index in [1.807, 2.05) is 9.80 Å². The van der Waals surface area contributed by atoms with E-state index in [9.17, 15) is 9.59 Å². The van der Waals surface area contributed by atoms with E-state index in [0.717, 1.165) is 76.9 Å². The van der Waals surface area contributed by atoms with Crippen LogP contribution < -0.4 is 0 Å². The highest BCUT2D eigenvalue weighted by Gasteiger charge is 2.42. The van der Waals surface area contributed by atoms with Crippen molar-refractivity contribution in [3.05, 3.63) is 17.5 Å². The maximum absolute atomic E-state index is 12.9. The zero-order valence-electron chi connectivity index (χ0n) is 16.1. The normalized spacial score (nSPS) is 23.7. The minimum Gasteiger partial charge on any atom is -0.361 e. The number of rotatable bonds is 6. The van der Waals surface area contributed by atoms with E-state index in [1.165, 1.54) is 0 Å². The average Bonchev–Trinajstić information content (AvgIpc) is 3.11. The Kier molecular flexibility index (Phi) is 5.99. The first-order valence-electron chi connectivity index (χ1n) is 10.1. The molecule has 0 N–H and O–H groups in total. The van der Waals surface area contributed by atoms with Crippen LogP contribution in [0.25, 0.3) is 0 Å². The van der Waals surface area contributed by atoms with Crippen LogP contribution in [0.5, 0.6) is 0 Å². The van der Waals surface area contributed by atoms with E-state index >= 15 is 0 Å². The molecular weight excluding hydrogens is 330 g/mol. The van der Waals surface area contributed by atoms with E-state index in [0.29, 0.717) is 12.1 Å². The van der Waals surface area contributed by atoms with Gasteiger partial charge in [0, 0.05) is 50.5 Å². The standard InChI is InChI=1S/C20H31N3O3/c1-3-5-11-22-14-20(10-8-18(22)24)9-6-12-23(15-20)19(25)17-13-16(7-4-2)26-21-17/h13H,3-12,14-15H2,1-2H3. The molecule has 2 fully saturated rings. The molecule has 0 aromatic carbocycles. The molecule has 3 rings (SSSR count). The van der Waals surface area contributed by atoms with Gasteiger partial charge in [-0.25, -0.2) is 0 Å². The molecule has 0 saturated carbocycles. The van der Waals surface area contributed by atoms with Crippen LogP contribution in [-0.4, -0.2) is 52.9 Å².